The zero-order valence-corrected chi connectivity index (χ0v) is 17.7. The predicted molar refractivity (Wildman–Crippen MR) is 111 cm³/mol. The number of carbonyl (C=O) groups is 2. The van der Waals surface area contributed by atoms with E-state index in [-0.39, 0.29) is 16.4 Å². The summed E-state index contributed by atoms with van der Waals surface area (Å²) in [5.41, 5.74) is 1.64. The van der Waals surface area contributed by atoms with Crippen LogP contribution in [0.15, 0.2) is 53.4 Å². The minimum absolute atomic E-state index is 0.0503. The molecule has 0 spiro atoms. The van der Waals surface area contributed by atoms with Gasteiger partial charge < -0.3 is 9.64 Å². The summed E-state index contributed by atoms with van der Waals surface area (Å²) in [6, 6.07) is 12.7. The molecule has 2 aromatic rings. The van der Waals surface area contributed by atoms with Crippen molar-refractivity contribution in [1.29, 1.82) is 0 Å². The molecule has 0 saturated heterocycles. The van der Waals surface area contributed by atoms with E-state index in [4.69, 9.17) is 4.74 Å². The minimum atomic E-state index is -3.88. The van der Waals surface area contributed by atoms with Crippen molar-refractivity contribution in [1.82, 2.24) is 4.90 Å². The van der Waals surface area contributed by atoms with E-state index in [1.807, 2.05) is 12.1 Å². The second-order valence-corrected chi connectivity index (χ2v) is 8.48. The molecule has 0 saturated carbocycles. The van der Waals surface area contributed by atoms with E-state index in [0.29, 0.717) is 5.69 Å². The Balaban J connectivity index is 2.09. The lowest BCUT2D eigenvalue weighted by atomic mass is 10.1. The summed E-state index contributed by atoms with van der Waals surface area (Å²) >= 11 is 0. The van der Waals surface area contributed by atoms with Gasteiger partial charge in [0.1, 0.15) is 0 Å². The average Bonchev–Trinajstić information content (AvgIpc) is 2.71. The van der Waals surface area contributed by atoms with Gasteiger partial charge in [-0.25, -0.2) is 13.2 Å². The van der Waals surface area contributed by atoms with Gasteiger partial charge in [0, 0.05) is 19.8 Å². The summed E-state index contributed by atoms with van der Waals surface area (Å²) in [4.78, 5) is 24.9. The average molecular weight is 419 g/mol. The van der Waals surface area contributed by atoms with Crippen LogP contribution in [0, 0.1) is 0 Å². The Morgan fingerprint density at radius 1 is 1.07 bits per heavy atom. The maximum absolute atomic E-state index is 12.7. The van der Waals surface area contributed by atoms with Gasteiger partial charge >= 0.3 is 5.97 Å². The Morgan fingerprint density at radius 3 is 2.38 bits per heavy atom. The van der Waals surface area contributed by atoms with Gasteiger partial charge in [-0.2, -0.15) is 0 Å². The van der Waals surface area contributed by atoms with Gasteiger partial charge in [-0.05, 0) is 48.7 Å². The molecule has 29 heavy (non-hydrogen) atoms. The number of nitrogens with one attached hydrogen (secondary N) is 1. The monoisotopic (exact) mass is 418 g/mol. The Labute approximate surface area is 171 Å². The van der Waals surface area contributed by atoms with Crippen LogP contribution >= 0.6 is 0 Å². The molecule has 0 aliphatic rings. The first-order chi connectivity index (χ1) is 13.7. The smallest absolute Gasteiger partial charge is 0.338 e. The number of hydrogen-bond acceptors (Lipinski definition) is 5. The number of ether oxygens (including phenoxy) is 1. The van der Waals surface area contributed by atoms with Crippen LogP contribution in [0.25, 0.3) is 0 Å². The normalized spacial score (nSPS) is 11.0. The number of sulfonamides is 1. The lowest BCUT2D eigenvalue weighted by Gasteiger charge is -2.12. The molecular formula is C21H26N2O5S. The molecule has 2 rings (SSSR count). The highest BCUT2D eigenvalue weighted by atomic mass is 32.2. The third-order valence-corrected chi connectivity index (χ3v) is 5.61. The Kier molecular flexibility index (Phi) is 7.78. The first-order valence-corrected chi connectivity index (χ1v) is 10.8. The highest BCUT2D eigenvalue weighted by molar-refractivity contribution is 7.92. The number of rotatable bonds is 9. The zero-order valence-electron chi connectivity index (χ0n) is 16.8. The number of esters is 1. The molecule has 0 bridgehead atoms. The van der Waals surface area contributed by atoms with Gasteiger partial charge in [0.25, 0.3) is 15.9 Å². The number of anilines is 1. The fraction of sp³-hybridized carbons (Fsp3) is 0.333. The molecule has 7 nitrogen and oxygen atoms in total. The van der Waals surface area contributed by atoms with Crippen molar-refractivity contribution >= 4 is 27.6 Å². The van der Waals surface area contributed by atoms with E-state index in [1.54, 1.807) is 26.2 Å². The van der Waals surface area contributed by atoms with Crippen LogP contribution in [-0.2, 0) is 26.0 Å². The van der Waals surface area contributed by atoms with Crippen LogP contribution in [0.4, 0.5) is 5.69 Å². The summed E-state index contributed by atoms with van der Waals surface area (Å²) in [6.45, 7) is 1.71. The summed E-state index contributed by atoms with van der Waals surface area (Å²) in [6.07, 6.45) is 3.12. The first-order valence-electron chi connectivity index (χ1n) is 9.32. The van der Waals surface area contributed by atoms with Gasteiger partial charge in [0.2, 0.25) is 0 Å². The molecule has 156 valence electrons. The van der Waals surface area contributed by atoms with Crippen molar-refractivity contribution in [3.05, 3.63) is 59.7 Å². The SMILES string of the molecule is CCCCc1ccc(NS(=O)(=O)c2cccc(C(=O)OCC(=O)N(C)C)c2)cc1. The van der Waals surface area contributed by atoms with Gasteiger partial charge in [-0.1, -0.05) is 31.5 Å². The highest BCUT2D eigenvalue weighted by Gasteiger charge is 2.18. The summed E-state index contributed by atoms with van der Waals surface area (Å²) in [5, 5.41) is 0. The van der Waals surface area contributed by atoms with E-state index in [2.05, 4.69) is 11.6 Å². The molecule has 0 radical (unpaired) electrons. The standard InChI is InChI=1S/C21H26N2O5S/c1-4-5-7-16-10-12-18(13-11-16)22-29(26,27)19-9-6-8-17(14-19)21(25)28-15-20(24)23(2)3/h6,8-14,22H,4-5,7,15H2,1-3H3. The molecular weight excluding hydrogens is 392 g/mol. The van der Waals surface area contributed by atoms with E-state index in [0.717, 1.165) is 24.8 Å². The molecule has 0 unspecified atom stereocenters. The number of unbranched alkanes of at least 4 members (excludes halogenated alkanes) is 1. The van der Waals surface area contributed by atoms with E-state index >= 15 is 0 Å². The Morgan fingerprint density at radius 2 is 1.76 bits per heavy atom. The fourth-order valence-corrected chi connectivity index (χ4v) is 3.57. The molecule has 2 aromatic carbocycles. The van der Waals surface area contributed by atoms with Crippen molar-refractivity contribution in [2.24, 2.45) is 0 Å². The fourth-order valence-electron chi connectivity index (χ4n) is 2.46. The van der Waals surface area contributed by atoms with E-state index < -0.39 is 22.6 Å². The summed E-state index contributed by atoms with van der Waals surface area (Å²) < 4.78 is 32.8. The predicted octanol–water partition coefficient (Wildman–Crippen LogP) is 3.08. The van der Waals surface area contributed by atoms with Crippen LogP contribution < -0.4 is 4.72 Å². The van der Waals surface area contributed by atoms with Gasteiger partial charge in [0.15, 0.2) is 6.61 Å². The lowest BCUT2D eigenvalue weighted by Crippen LogP contribution is -2.27. The van der Waals surface area contributed by atoms with Crippen molar-refractivity contribution in [2.75, 3.05) is 25.4 Å². The number of nitrogens with zero attached hydrogens (tertiary/aromatic N) is 1. The second-order valence-electron chi connectivity index (χ2n) is 6.80. The van der Waals surface area contributed by atoms with Crippen LogP contribution in [0.3, 0.4) is 0 Å². The Bertz CT molecular complexity index is 953. The summed E-state index contributed by atoms with van der Waals surface area (Å²) in [5.74, 6) is -1.14. The number of aryl methyl sites for hydroxylation is 1. The first kappa shape index (κ1) is 22.4. The number of likely N-dealkylation sites (N-methyl/N-ethyl adjacent to an activating group) is 1. The molecule has 1 N–H and O–H groups in total. The number of hydrogen-bond donors (Lipinski definition) is 1. The highest BCUT2D eigenvalue weighted by Crippen LogP contribution is 2.19. The van der Waals surface area contributed by atoms with Gasteiger partial charge in [-0.3, -0.25) is 9.52 Å². The van der Waals surface area contributed by atoms with Crippen molar-refractivity contribution in [3.8, 4) is 0 Å². The largest absolute Gasteiger partial charge is 0.452 e. The zero-order chi connectivity index (χ0) is 21.4. The quantitative estimate of drug-likeness (QED) is 0.632. The van der Waals surface area contributed by atoms with Crippen LogP contribution in [0.1, 0.15) is 35.7 Å². The topological polar surface area (TPSA) is 92.8 Å². The maximum atomic E-state index is 12.7. The molecule has 0 atom stereocenters. The molecule has 8 heteroatoms. The van der Waals surface area contributed by atoms with Crippen molar-refractivity contribution in [2.45, 2.75) is 31.1 Å². The van der Waals surface area contributed by atoms with Crippen LogP contribution in [0.5, 0.6) is 0 Å². The Hall–Kier alpha value is -2.87. The number of carbonyl (C=O) groups excluding carboxylic acids is 2. The molecule has 0 heterocycles. The van der Waals surface area contributed by atoms with Crippen molar-refractivity contribution < 1.29 is 22.7 Å². The number of benzene rings is 2. The molecule has 0 aliphatic heterocycles. The number of amides is 1. The van der Waals surface area contributed by atoms with Gasteiger partial charge in [0.05, 0.1) is 10.5 Å². The van der Waals surface area contributed by atoms with Crippen LogP contribution in [-0.4, -0.2) is 45.9 Å². The maximum Gasteiger partial charge on any atom is 0.338 e. The third kappa shape index (κ3) is 6.60. The lowest BCUT2D eigenvalue weighted by molar-refractivity contribution is -0.131. The molecule has 1 amide bonds. The summed E-state index contributed by atoms with van der Waals surface area (Å²) in [7, 11) is -0.783. The minimum Gasteiger partial charge on any atom is -0.452 e. The van der Waals surface area contributed by atoms with E-state index in [1.165, 1.54) is 29.2 Å². The second kappa shape index (κ2) is 10.1. The molecule has 0 fully saturated rings. The van der Waals surface area contributed by atoms with Gasteiger partial charge in [-0.15, -0.1) is 0 Å². The van der Waals surface area contributed by atoms with Crippen LogP contribution in [0.2, 0.25) is 0 Å². The van der Waals surface area contributed by atoms with E-state index in [9.17, 15) is 18.0 Å². The molecule has 0 aromatic heterocycles. The van der Waals surface area contributed by atoms with Crippen molar-refractivity contribution in [3.63, 3.8) is 0 Å². The third-order valence-electron chi connectivity index (χ3n) is 4.23. The molecule has 0 aliphatic carbocycles.